The van der Waals surface area contributed by atoms with Crippen LogP contribution in [0.15, 0.2) is 36.5 Å². The van der Waals surface area contributed by atoms with Crippen molar-refractivity contribution in [2.24, 2.45) is 0 Å². The molecule has 53 heavy (non-hydrogen) atoms. The van der Waals surface area contributed by atoms with E-state index >= 15 is 0 Å². The quantitative estimate of drug-likeness (QED) is 0.0282. The third kappa shape index (κ3) is 39.7. The number of unbranched alkanes of at least 4 members (excludes halogenated alkanes) is 19. The van der Waals surface area contributed by atoms with Crippen molar-refractivity contribution in [3.05, 3.63) is 36.5 Å². The first-order valence-corrected chi connectivity index (χ1v) is 22.8. The van der Waals surface area contributed by atoms with Crippen molar-refractivity contribution < 1.29 is 37.6 Å². The largest absolute Gasteiger partial charge is 0.472 e. The van der Waals surface area contributed by atoms with Crippen LogP contribution in [0.4, 0.5) is 0 Å². The van der Waals surface area contributed by atoms with Gasteiger partial charge in [0.25, 0.3) is 0 Å². The smallest absolute Gasteiger partial charge is 0.462 e. The second-order valence-corrected chi connectivity index (χ2v) is 16.0. The molecule has 0 amide bonds. The van der Waals surface area contributed by atoms with Gasteiger partial charge in [0.2, 0.25) is 0 Å². The molecule has 0 saturated carbocycles. The SMILES string of the molecule is CCCCC/C=C\C/C=C\C/C=C\CCCCCCC(=O)OC(COC(=O)CCCCCCCCCCCCCCC)COP(=O)(O)OCCN(C)C. The van der Waals surface area contributed by atoms with E-state index in [4.69, 9.17) is 18.5 Å². The molecule has 0 saturated heterocycles. The Bertz CT molecular complexity index is 983. The van der Waals surface area contributed by atoms with Crippen molar-refractivity contribution in [3.63, 3.8) is 0 Å². The van der Waals surface area contributed by atoms with Crippen LogP contribution < -0.4 is 0 Å². The molecule has 0 bridgehead atoms. The molecule has 0 aromatic rings. The maximum absolute atomic E-state index is 12.6. The number of ether oxygens (including phenoxy) is 2. The summed E-state index contributed by atoms with van der Waals surface area (Å²) in [6.45, 7) is 4.27. The van der Waals surface area contributed by atoms with Crippen LogP contribution in [0.2, 0.25) is 0 Å². The van der Waals surface area contributed by atoms with E-state index in [9.17, 15) is 19.0 Å². The zero-order valence-electron chi connectivity index (χ0n) is 34.5. The van der Waals surface area contributed by atoms with Gasteiger partial charge in [-0.1, -0.05) is 153 Å². The minimum absolute atomic E-state index is 0.00328. The lowest BCUT2D eigenvalue weighted by atomic mass is 10.0. The minimum atomic E-state index is -4.36. The molecule has 0 fully saturated rings. The minimum Gasteiger partial charge on any atom is -0.462 e. The first-order valence-electron chi connectivity index (χ1n) is 21.3. The number of hydrogen-bond acceptors (Lipinski definition) is 8. The van der Waals surface area contributed by atoms with Crippen LogP contribution in [0.25, 0.3) is 0 Å². The van der Waals surface area contributed by atoms with Crippen molar-refractivity contribution in [1.29, 1.82) is 0 Å². The number of carbonyl (C=O) groups is 2. The highest BCUT2D eigenvalue weighted by Crippen LogP contribution is 2.43. The van der Waals surface area contributed by atoms with Gasteiger partial charge in [-0.15, -0.1) is 0 Å². The number of likely N-dealkylation sites (N-methyl/N-ethyl adjacent to an activating group) is 1. The van der Waals surface area contributed by atoms with E-state index in [-0.39, 0.29) is 32.0 Å². The Morgan fingerprint density at radius 2 is 1.02 bits per heavy atom. The van der Waals surface area contributed by atoms with Crippen molar-refractivity contribution in [3.8, 4) is 0 Å². The summed E-state index contributed by atoms with van der Waals surface area (Å²) in [5.41, 5.74) is 0. The van der Waals surface area contributed by atoms with Crippen molar-refractivity contribution >= 4 is 19.8 Å². The molecule has 0 aromatic carbocycles. The Hall–Kier alpha value is -1.77. The highest BCUT2D eigenvalue weighted by Gasteiger charge is 2.26. The van der Waals surface area contributed by atoms with Crippen LogP contribution in [0, 0.1) is 0 Å². The Morgan fingerprint density at radius 3 is 1.55 bits per heavy atom. The molecule has 2 atom stereocenters. The van der Waals surface area contributed by atoms with Crippen molar-refractivity contribution in [2.75, 3.05) is 40.5 Å². The Kier molecular flexibility index (Phi) is 37.2. The highest BCUT2D eigenvalue weighted by molar-refractivity contribution is 7.47. The van der Waals surface area contributed by atoms with Gasteiger partial charge in [0.1, 0.15) is 6.61 Å². The number of rotatable bonds is 39. The number of allylic oxidation sites excluding steroid dienone is 6. The lowest BCUT2D eigenvalue weighted by Crippen LogP contribution is -2.29. The predicted molar refractivity (Wildman–Crippen MR) is 220 cm³/mol. The molecule has 0 aromatic heterocycles. The normalized spacial score (nSPS) is 13.8. The van der Waals surface area contributed by atoms with E-state index < -0.39 is 26.5 Å². The molecule has 0 aliphatic rings. The average molecular weight is 770 g/mol. The molecule has 0 rings (SSSR count). The number of esters is 2. The summed E-state index contributed by atoms with van der Waals surface area (Å²) in [5.74, 6) is -0.825. The molecular formula is C43H80NO8P. The van der Waals surface area contributed by atoms with E-state index in [1.54, 1.807) is 0 Å². The second-order valence-electron chi connectivity index (χ2n) is 14.5. The third-order valence-corrected chi connectivity index (χ3v) is 9.93. The maximum Gasteiger partial charge on any atom is 0.472 e. The molecule has 10 heteroatoms. The lowest BCUT2D eigenvalue weighted by molar-refractivity contribution is -0.161. The second kappa shape index (κ2) is 38.5. The topological polar surface area (TPSA) is 112 Å². The van der Waals surface area contributed by atoms with Gasteiger partial charge in [-0.3, -0.25) is 18.6 Å². The van der Waals surface area contributed by atoms with Crippen LogP contribution in [0.3, 0.4) is 0 Å². The van der Waals surface area contributed by atoms with Crippen LogP contribution in [0.5, 0.6) is 0 Å². The van der Waals surface area contributed by atoms with Gasteiger partial charge in [0.15, 0.2) is 6.10 Å². The van der Waals surface area contributed by atoms with E-state index in [0.29, 0.717) is 13.0 Å². The first kappa shape index (κ1) is 51.2. The van der Waals surface area contributed by atoms with Gasteiger partial charge < -0.3 is 19.3 Å². The van der Waals surface area contributed by atoms with Gasteiger partial charge in [-0.05, 0) is 65.5 Å². The summed E-state index contributed by atoms with van der Waals surface area (Å²) in [4.78, 5) is 37.0. The molecule has 0 aliphatic carbocycles. The van der Waals surface area contributed by atoms with Gasteiger partial charge in [0, 0.05) is 19.4 Å². The number of nitrogens with zero attached hydrogens (tertiary/aromatic N) is 1. The monoisotopic (exact) mass is 770 g/mol. The van der Waals surface area contributed by atoms with E-state index in [1.165, 1.54) is 89.9 Å². The third-order valence-electron chi connectivity index (χ3n) is 8.95. The zero-order valence-corrected chi connectivity index (χ0v) is 35.3. The maximum atomic E-state index is 12.6. The molecule has 0 aliphatic heterocycles. The van der Waals surface area contributed by atoms with E-state index in [0.717, 1.165) is 57.8 Å². The fourth-order valence-electron chi connectivity index (χ4n) is 5.63. The highest BCUT2D eigenvalue weighted by atomic mass is 31.2. The summed E-state index contributed by atoms with van der Waals surface area (Å²) < 4.78 is 33.4. The van der Waals surface area contributed by atoms with Crippen LogP contribution in [-0.4, -0.2) is 68.3 Å². The van der Waals surface area contributed by atoms with E-state index in [1.807, 2.05) is 19.0 Å². The summed E-state index contributed by atoms with van der Waals surface area (Å²) in [6, 6.07) is 0. The molecule has 0 spiro atoms. The van der Waals surface area contributed by atoms with Gasteiger partial charge in [0.05, 0.1) is 13.2 Å². The molecule has 2 unspecified atom stereocenters. The molecular weight excluding hydrogens is 689 g/mol. The van der Waals surface area contributed by atoms with Crippen LogP contribution in [0.1, 0.15) is 181 Å². The van der Waals surface area contributed by atoms with Crippen molar-refractivity contribution in [1.82, 2.24) is 4.90 Å². The summed E-state index contributed by atoms with van der Waals surface area (Å²) in [6.07, 6.45) is 40.4. The summed E-state index contributed by atoms with van der Waals surface area (Å²) in [7, 11) is -0.722. The van der Waals surface area contributed by atoms with Crippen LogP contribution >= 0.6 is 7.82 Å². The van der Waals surface area contributed by atoms with Gasteiger partial charge in [-0.25, -0.2) is 4.57 Å². The molecule has 1 N–H and O–H groups in total. The Morgan fingerprint density at radius 1 is 0.585 bits per heavy atom. The number of hydrogen-bond donors (Lipinski definition) is 1. The Labute approximate surface area is 325 Å². The molecule has 310 valence electrons. The first-order chi connectivity index (χ1) is 25.7. The van der Waals surface area contributed by atoms with Gasteiger partial charge >= 0.3 is 19.8 Å². The fraction of sp³-hybridized carbons (Fsp3) is 0.814. The zero-order chi connectivity index (χ0) is 39.1. The van der Waals surface area contributed by atoms with E-state index in [2.05, 4.69) is 50.3 Å². The number of carbonyl (C=O) groups excluding carboxylic acids is 2. The molecule has 9 nitrogen and oxygen atoms in total. The number of phosphoric ester groups is 1. The molecule has 0 radical (unpaired) electrons. The van der Waals surface area contributed by atoms with Crippen LogP contribution in [-0.2, 0) is 32.7 Å². The Balaban J connectivity index is 4.35. The number of phosphoric acid groups is 1. The summed E-state index contributed by atoms with van der Waals surface area (Å²) in [5, 5.41) is 0. The summed E-state index contributed by atoms with van der Waals surface area (Å²) >= 11 is 0. The van der Waals surface area contributed by atoms with Crippen molar-refractivity contribution in [2.45, 2.75) is 187 Å². The molecule has 0 heterocycles. The fourth-order valence-corrected chi connectivity index (χ4v) is 6.38. The van der Waals surface area contributed by atoms with Gasteiger partial charge in [-0.2, -0.15) is 0 Å². The predicted octanol–water partition coefficient (Wildman–Crippen LogP) is 12.0. The lowest BCUT2D eigenvalue weighted by Gasteiger charge is -2.20. The standard InChI is InChI=1S/C43H80NO8P/c1-5-7-9-11-13-15-17-19-20-21-22-24-26-28-30-32-34-36-43(46)52-41(40-51-53(47,48)50-38-37-44(3)4)39-49-42(45)35-33-31-29-27-25-23-18-16-14-12-10-8-6-2/h13,15,19-20,22,24,41H,5-12,14,16-18,21,23,25-40H2,1-4H3,(H,47,48)/b15-13-,20-19-,24-22-. The average Bonchev–Trinajstić information content (AvgIpc) is 3.12.